The minimum atomic E-state index is -2.76. The van der Waals surface area contributed by atoms with Crippen molar-refractivity contribution in [3.05, 3.63) is 0 Å². The SMILES string of the molecule is CN(C[C@H]1CO1)C1CCCS(=O)(=O)CC1. The minimum Gasteiger partial charge on any atom is -0.372 e. The van der Waals surface area contributed by atoms with Crippen LogP contribution in [0.3, 0.4) is 0 Å². The van der Waals surface area contributed by atoms with Crippen LogP contribution in [0.1, 0.15) is 19.3 Å². The summed E-state index contributed by atoms with van der Waals surface area (Å²) < 4.78 is 28.0. The highest BCUT2D eigenvalue weighted by Gasteiger charge is 2.29. The zero-order valence-electron chi connectivity index (χ0n) is 9.18. The summed E-state index contributed by atoms with van der Waals surface area (Å²) in [5, 5.41) is 0. The van der Waals surface area contributed by atoms with Gasteiger partial charge in [0.05, 0.1) is 24.2 Å². The third-order valence-electron chi connectivity index (χ3n) is 3.27. The van der Waals surface area contributed by atoms with Crippen molar-refractivity contribution in [1.29, 1.82) is 0 Å². The van der Waals surface area contributed by atoms with Crippen LogP contribution in [-0.2, 0) is 14.6 Å². The first-order chi connectivity index (χ1) is 7.07. The molecule has 2 fully saturated rings. The first-order valence-corrected chi connectivity index (χ1v) is 7.41. The molecule has 2 heterocycles. The molecule has 0 saturated carbocycles. The van der Waals surface area contributed by atoms with Gasteiger partial charge in [-0.25, -0.2) is 8.42 Å². The summed E-state index contributed by atoms with van der Waals surface area (Å²) in [6.07, 6.45) is 2.99. The predicted octanol–water partition coefficient (Wildman–Crippen LogP) is 0.284. The van der Waals surface area contributed by atoms with Gasteiger partial charge in [0.2, 0.25) is 0 Å². The van der Waals surface area contributed by atoms with Crippen LogP contribution in [0.15, 0.2) is 0 Å². The maximum Gasteiger partial charge on any atom is 0.150 e. The second kappa shape index (κ2) is 4.39. The number of hydrogen-bond donors (Lipinski definition) is 0. The lowest BCUT2D eigenvalue weighted by Gasteiger charge is -2.25. The standard InChI is InChI=1S/C10H19NO3S/c1-11(7-10-8-14-10)9-3-2-5-15(12,13)6-4-9/h9-10H,2-8H2,1H3/t9?,10-/m0/s1. The Morgan fingerprint density at radius 1 is 1.33 bits per heavy atom. The third kappa shape index (κ3) is 3.43. The molecule has 2 aliphatic heterocycles. The predicted molar refractivity (Wildman–Crippen MR) is 58.7 cm³/mol. The molecule has 0 bridgehead atoms. The summed E-state index contributed by atoms with van der Waals surface area (Å²) in [5.41, 5.74) is 0. The lowest BCUT2D eigenvalue weighted by Crippen LogP contribution is -2.35. The van der Waals surface area contributed by atoms with Gasteiger partial charge >= 0.3 is 0 Å². The van der Waals surface area contributed by atoms with Crippen LogP contribution in [0.4, 0.5) is 0 Å². The molecule has 5 heteroatoms. The van der Waals surface area contributed by atoms with E-state index in [1.807, 2.05) is 0 Å². The highest BCUT2D eigenvalue weighted by molar-refractivity contribution is 7.91. The Labute approximate surface area is 91.5 Å². The van der Waals surface area contributed by atoms with Crippen molar-refractivity contribution in [2.24, 2.45) is 0 Å². The van der Waals surface area contributed by atoms with Gasteiger partial charge in [-0.1, -0.05) is 0 Å². The molecule has 0 aliphatic carbocycles. The van der Waals surface area contributed by atoms with Crippen molar-refractivity contribution in [3.63, 3.8) is 0 Å². The van der Waals surface area contributed by atoms with E-state index < -0.39 is 9.84 Å². The van der Waals surface area contributed by atoms with Gasteiger partial charge in [-0.15, -0.1) is 0 Å². The number of rotatable bonds is 3. The first-order valence-electron chi connectivity index (χ1n) is 5.59. The fourth-order valence-corrected chi connectivity index (χ4v) is 3.63. The molecule has 0 spiro atoms. The van der Waals surface area contributed by atoms with Crippen LogP contribution >= 0.6 is 0 Å². The average molecular weight is 233 g/mol. The van der Waals surface area contributed by atoms with Crippen molar-refractivity contribution < 1.29 is 13.2 Å². The molecule has 2 saturated heterocycles. The number of epoxide rings is 1. The van der Waals surface area contributed by atoms with Crippen LogP contribution in [0.2, 0.25) is 0 Å². The zero-order valence-corrected chi connectivity index (χ0v) is 10.0. The second-order valence-electron chi connectivity index (χ2n) is 4.63. The van der Waals surface area contributed by atoms with E-state index in [-0.39, 0.29) is 0 Å². The Morgan fingerprint density at radius 2 is 2.07 bits per heavy atom. The topological polar surface area (TPSA) is 49.9 Å². The molecule has 15 heavy (non-hydrogen) atoms. The summed E-state index contributed by atoms with van der Waals surface area (Å²) in [5.74, 6) is 0.727. The maximum atomic E-state index is 11.4. The molecule has 2 rings (SSSR count). The molecule has 0 aromatic carbocycles. The van der Waals surface area contributed by atoms with Gasteiger partial charge < -0.3 is 9.64 Å². The maximum absolute atomic E-state index is 11.4. The van der Waals surface area contributed by atoms with Gasteiger partial charge in [-0.05, 0) is 26.3 Å². The normalized spacial score (nSPS) is 35.1. The molecular weight excluding hydrogens is 214 g/mol. The summed E-state index contributed by atoms with van der Waals surface area (Å²) in [6, 6.07) is 0.423. The van der Waals surface area contributed by atoms with E-state index in [0.717, 1.165) is 32.4 Å². The second-order valence-corrected chi connectivity index (χ2v) is 6.94. The lowest BCUT2D eigenvalue weighted by atomic mass is 10.1. The molecule has 2 aliphatic rings. The largest absolute Gasteiger partial charge is 0.372 e. The Hall–Kier alpha value is -0.130. The molecule has 0 amide bonds. The number of likely N-dealkylation sites (N-methyl/N-ethyl adjacent to an activating group) is 1. The monoisotopic (exact) mass is 233 g/mol. The smallest absolute Gasteiger partial charge is 0.150 e. The molecular formula is C10H19NO3S. The Balaban J connectivity index is 1.86. The molecule has 0 N–H and O–H groups in total. The molecule has 1 unspecified atom stereocenters. The Kier molecular flexibility index (Phi) is 3.33. The van der Waals surface area contributed by atoms with E-state index in [2.05, 4.69) is 11.9 Å². The van der Waals surface area contributed by atoms with Crippen LogP contribution in [0, 0.1) is 0 Å². The van der Waals surface area contributed by atoms with Crippen molar-refractivity contribution in [2.75, 3.05) is 31.7 Å². The Morgan fingerprint density at radius 3 is 2.73 bits per heavy atom. The Bertz CT molecular complexity index is 311. The van der Waals surface area contributed by atoms with E-state index in [1.165, 1.54) is 0 Å². The summed E-state index contributed by atoms with van der Waals surface area (Å²) >= 11 is 0. The van der Waals surface area contributed by atoms with Crippen molar-refractivity contribution >= 4 is 9.84 Å². The van der Waals surface area contributed by atoms with Crippen LogP contribution in [-0.4, -0.2) is 57.2 Å². The van der Waals surface area contributed by atoms with Gasteiger partial charge in [-0.3, -0.25) is 0 Å². The van der Waals surface area contributed by atoms with Gasteiger partial charge in [0, 0.05) is 12.6 Å². The number of nitrogens with zero attached hydrogens (tertiary/aromatic N) is 1. The summed E-state index contributed by atoms with van der Waals surface area (Å²) in [7, 11) is -0.683. The van der Waals surface area contributed by atoms with E-state index in [4.69, 9.17) is 4.74 Å². The van der Waals surface area contributed by atoms with Crippen LogP contribution < -0.4 is 0 Å². The number of sulfone groups is 1. The van der Waals surface area contributed by atoms with Crippen LogP contribution in [0.25, 0.3) is 0 Å². The molecule has 2 atom stereocenters. The molecule has 0 aromatic heterocycles. The zero-order chi connectivity index (χ0) is 10.9. The van der Waals surface area contributed by atoms with Crippen LogP contribution in [0.5, 0.6) is 0 Å². The van der Waals surface area contributed by atoms with Gasteiger partial charge in [0.15, 0.2) is 0 Å². The van der Waals surface area contributed by atoms with E-state index in [1.54, 1.807) is 0 Å². The molecule has 0 aromatic rings. The summed E-state index contributed by atoms with van der Waals surface area (Å²) in [6.45, 7) is 1.82. The highest BCUT2D eigenvalue weighted by atomic mass is 32.2. The highest BCUT2D eigenvalue weighted by Crippen LogP contribution is 2.19. The van der Waals surface area contributed by atoms with Gasteiger partial charge in [-0.2, -0.15) is 0 Å². The number of ether oxygens (including phenoxy) is 1. The first kappa shape index (κ1) is 11.4. The summed E-state index contributed by atoms with van der Waals surface area (Å²) in [4.78, 5) is 2.26. The quantitative estimate of drug-likeness (QED) is 0.657. The fourth-order valence-electron chi connectivity index (χ4n) is 2.19. The number of hydrogen-bond acceptors (Lipinski definition) is 4. The lowest BCUT2D eigenvalue weighted by molar-refractivity contribution is 0.205. The third-order valence-corrected chi connectivity index (χ3v) is 5.04. The van der Waals surface area contributed by atoms with E-state index >= 15 is 0 Å². The van der Waals surface area contributed by atoms with Crippen molar-refractivity contribution in [2.45, 2.75) is 31.4 Å². The molecule has 4 nitrogen and oxygen atoms in total. The van der Waals surface area contributed by atoms with Gasteiger partial charge in [0.1, 0.15) is 9.84 Å². The van der Waals surface area contributed by atoms with Crippen molar-refractivity contribution in [3.8, 4) is 0 Å². The van der Waals surface area contributed by atoms with Crippen molar-refractivity contribution in [1.82, 2.24) is 4.90 Å². The van der Waals surface area contributed by atoms with Gasteiger partial charge in [0.25, 0.3) is 0 Å². The van der Waals surface area contributed by atoms with E-state index in [0.29, 0.717) is 23.7 Å². The molecule has 0 radical (unpaired) electrons. The minimum absolute atomic E-state index is 0.355. The molecule has 88 valence electrons. The van der Waals surface area contributed by atoms with E-state index in [9.17, 15) is 8.42 Å². The average Bonchev–Trinajstić information content (AvgIpc) is 2.93. The fraction of sp³-hybridized carbons (Fsp3) is 1.00.